The third-order valence-corrected chi connectivity index (χ3v) is 4.57. The van der Waals surface area contributed by atoms with E-state index >= 15 is 0 Å². The van der Waals surface area contributed by atoms with Gasteiger partial charge in [0.25, 0.3) is 0 Å². The second-order valence-corrected chi connectivity index (χ2v) is 6.87. The van der Waals surface area contributed by atoms with Crippen LogP contribution in [0, 0.1) is 5.92 Å². The summed E-state index contributed by atoms with van der Waals surface area (Å²) in [5, 5.41) is 17.6. The molecular weight excluding hydrogens is 334 g/mol. The number of hydrogen-bond donors (Lipinski definition) is 1. The second kappa shape index (κ2) is 7.15. The van der Waals surface area contributed by atoms with Crippen molar-refractivity contribution in [3.8, 4) is 5.75 Å². The minimum Gasteiger partial charge on any atom is -0.508 e. The molecule has 2 heterocycles. The number of nitrogens with zero attached hydrogens (tertiary/aromatic N) is 5. The van der Waals surface area contributed by atoms with E-state index in [4.69, 9.17) is 0 Å². The van der Waals surface area contributed by atoms with E-state index < -0.39 is 5.92 Å². The number of phenolic OH excluding ortho intramolecular Hbond substituents is 1. The summed E-state index contributed by atoms with van der Waals surface area (Å²) in [6.07, 6.45) is 1.82. The summed E-state index contributed by atoms with van der Waals surface area (Å²) in [6, 6.07) is 6.71. The van der Waals surface area contributed by atoms with Gasteiger partial charge in [0, 0.05) is 37.8 Å². The number of carbonyl (C=O) groups is 2. The number of phenols is 1. The molecule has 1 aliphatic heterocycles. The van der Waals surface area contributed by atoms with E-state index in [9.17, 15) is 14.7 Å². The van der Waals surface area contributed by atoms with Crippen LogP contribution < -0.4 is 4.90 Å². The zero-order valence-corrected chi connectivity index (χ0v) is 15.2. The van der Waals surface area contributed by atoms with E-state index in [1.54, 1.807) is 41.4 Å². The number of aromatic hydroxyl groups is 1. The molecular formula is C18H23N5O3. The van der Waals surface area contributed by atoms with Gasteiger partial charge in [-0.05, 0) is 26.0 Å². The van der Waals surface area contributed by atoms with Crippen molar-refractivity contribution in [1.29, 1.82) is 0 Å². The fourth-order valence-corrected chi connectivity index (χ4v) is 3.20. The minimum absolute atomic E-state index is 0.0928. The lowest BCUT2D eigenvalue weighted by Crippen LogP contribution is -2.35. The Balaban J connectivity index is 1.68. The SMILES string of the molecule is CC(C)n1cnnc1CN(C)C(=O)C1CC(=O)N(c2cccc(O)c2)C1. The Morgan fingerprint density at radius 2 is 2.19 bits per heavy atom. The zero-order chi connectivity index (χ0) is 18.8. The van der Waals surface area contributed by atoms with Crippen molar-refractivity contribution < 1.29 is 14.7 Å². The Hall–Kier alpha value is -2.90. The topological polar surface area (TPSA) is 91.6 Å². The molecule has 0 aliphatic carbocycles. The summed E-state index contributed by atoms with van der Waals surface area (Å²) in [6.45, 7) is 4.70. The molecule has 1 aromatic carbocycles. The van der Waals surface area contributed by atoms with Gasteiger partial charge in [0.2, 0.25) is 11.8 Å². The molecule has 138 valence electrons. The van der Waals surface area contributed by atoms with Crippen LogP contribution in [0.3, 0.4) is 0 Å². The minimum atomic E-state index is -0.412. The van der Waals surface area contributed by atoms with Gasteiger partial charge >= 0.3 is 0 Å². The van der Waals surface area contributed by atoms with Crippen LogP contribution in [0.15, 0.2) is 30.6 Å². The van der Waals surface area contributed by atoms with Crippen molar-refractivity contribution >= 4 is 17.5 Å². The molecule has 1 N–H and O–H groups in total. The summed E-state index contributed by atoms with van der Waals surface area (Å²) >= 11 is 0. The maximum Gasteiger partial charge on any atom is 0.228 e. The molecule has 1 aliphatic rings. The molecule has 1 unspecified atom stereocenters. The fourth-order valence-electron chi connectivity index (χ4n) is 3.20. The van der Waals surface area contributed by atoms with Crippen molar-refractivity contribution in [3.05, 3.63) is 36.4 Å². The van der Waals surface area contributed by atoms with Crippen LogP contribution in [0.2, 0.25) is 0 Å². The van der Waals surface area contributed by atoms with E-state index in [0.29, 0.717) is 24.6 Å². The highest BCUT2D eigenvalue weighted by atomic mass is 16.3. The maximum atomic E-state index is 12.8. The Labute approximate surface area is 152 Å². The van der Waals surface area contributed by atoms with Crippen LogP contribution in [0.1, 0.15) is 32.1 Å². The number of benzene rings is 1. The molecule has 26 heavy (non-hydrogen) atoms. The van der Waals surface area contributed by atoms with Crippen LogP contribution in [0.5, 0.6) is 5.75 Å². The first-order valence-corrected chi connectivity index (χ1v) is 8.59. The van der Waals surface area contributed by atoms with Gasteiger partial charge < -0.3 is 19.5 Å². The number of amides is 2. The van der Waals surface area contributed by atoms with Gasteiger partial charge in [0.05, 0.1) is 12.5 Å². The highest BCUT2D eigenvalue weighted by Gasteiger charge is 2.36. The van der Waals surface area contributed by atoms with Gasteiger partial charge in [0.1, 0.15) is 12.1 Å². The summed E-state index contributed by atoms with van der Waals surface area (Å²) in [4.78, 5) is 28.3. The monoisotopic (exact) mass is 357 g/mol. The summed E-state index contributed by atoms with van der Waals surface area (Å²) < 4.78 is 1.92. The van der Waals surface area contributed by atoms with Crippen LogP contribution in [-0.4, -0.2) is 50.2 Å². The normalized spacial score (nSPS) is 17.2. The van der Waals surface area contributed by atoms with Gasteiger partial charge in [-0.1, -0.05) is 6.07 Å². The van der Waals surface area contributed by atoms with Crippen LogP contribution >= 0.6 is 0 Å². The molecule has 1 atom stereocenters. The highest BCUT2D eigenvalue weighted by molar-refractivity contribution is 6.00. The third kappa shape index (κ3) is 3.54. The molecule has 0 radical (unpaired) electrons. The predicted molar refractivity (Wildman–Crippen MR) is 95.4 cm³/mol. The van der Waals surface area contributed by atoms with Gasteiger partial charge in [-0.3, -0.25) is 9.59 Å². The molecule has 1 fully saturated rings. The molecule has 0 bridgehead atoms. The maximum absolute atomic E-state index is 12.8. The first-order valence-electron chi connectivity index (χ1n) is 8.59. The number of carbonyl (C=O) groups excluding carboxylic acids is 2. The number of rotatable bonds is 5. The Morgan fingerprint density at radius 1 is 1.42 bits per heavy atom. The predicted octanol–water partition coefficient (Wildman–Crippen LogP) is 1.58. The van der Waals surface area contributed by atoms with Crippen molar-refractivity contribution in [1.82, 2.24) is 19.7 Å². The lowest BCUT2D eigenvalue weighted by Gasteiger charge is -2.22. The first-order chi connectivity index (χ1) is 12.4. The number of hydrogen-bond acceptors (Lipinski definition) is 5. The molecule has 3 rings (SSSR count). The van der Waals surface area contributed by atoms with Crippen molar-refractivity contribution in [2.75, 3.05) is 18.5 Å². The summed E-state index contributed by atoms with van der Waals surface area (Å²) in [5.41, 5.74) is 0.604. The second-order valence-electron chi connectivity index (χ2n) is 6.87. The van der Waals surface area contributed by atoms with E-state index in [1.165, 1.54) is 6.07 Å². The summed E-state index contributed by atoms with van der Waals surface area (Å²) in [7, 11) is 1.71. The molecule has 0 spiro atoms. The van der Waals surface area contributed by atoms with E-state index in [2.05, 4.69) is 10.2 Å². The quantitative estimate of drug-likeness (QED) is 0.877. The molecule has 1 saturated heterocycles. The highest BCUT2D eigenvalue weighted by Crippen LogP contribution is 2.28. The Kier molecular flexibility index (Phi) is 4.92. The lowest BCUT2D eigenvalue weighted by molar-refractivity contribution is -0.135. The largest absolute Gasteiger partial charge is 0.508 e. The number of aromatic nitrogens is 3. The van der Waals surface area contributed by atoms with Gasteiger partial charge in [-0.2, -0.15) is 0 Å². The molecule has 2 aromatic rings. The molecule has 8 heteroatoms. The number of anilines is 1. The fraction of sp³-hybridized carbons (Fsp3) is 0.444. The van der Waals surface area contributed by atoms with Gasteiger partial charge in [0.15, 0.2) is 5.82 Å². The van der Waals surface area contributed by atoms with Crippen molar-refractivity contribution in [3.63, 3.8) is 0 Å². The summed E-state index contributed by atoms with van der Waals surface area (Å²) in [5.74, 6) is 0.178. The van der Waals surface area contributed by atoms with E-state index in [1.807, 2.05) is 18.4 Å². The standard InChI is InChI=1S/C18H23N5O3/c1-12(2)23-11-19-20-16(23)10-21(3)18(26)13-7-17(25)22(9-13)14-5-4-6-15(24)8-14/h4-6,8,11-13,24H,7,9-10H2,1-3H3. The third-order valence-electron chi connectivity index (χ3n) is 4.57. The zero-order valence-electron chi connectivity index (χ0n) is 15.2. The lowest BCUT2D eigenvalue weighted by atomic mass is 10.1. The van der Waals surface area contributed by atoms with E-state index in [-0.39, 0.29) is 30.0 Å². The molecule has 1 aromatic heterocycles. The van der Waals surface area contributed by atoms with E-state index in [0.717, 1.165) is 0 Å². The Bertz CT molecular complexity index is 817. The Morgan fingerprint density at radius 3 is 2.88 bits per heavy atom. The molecule has 2 amide bonds. The average molecular weight is 357 g/mol. The van der Waals surface area contributed by atoms with Gasteiger partial charge in [-0.15, -0.1) is 10.2 Å². The molecule has 0 saturated carbocycles. The molecule has 8 nitrogen and oxygen atoms in total. The van der Waals surface area contributed by atoms with Crippen molar-refractivity contribution in [2.24, 2.45) is 5.92 Å². The van der Waals surface area contributed by atoms with Gasteiger partial charge in [-0.25, -0.2) is 0 Å². The first kappa shape index (κ1) is 17.9. The smallest absolute Gasteiger partial charge is 0.228 e. The van der Waals surface area contributed by atoms with Crippen molar-refractivity contribution in [2.45, 2.75) is 32.9 Å². The average Bonchev–Trinajstić information content (AvgIpc) is 3.20. The van der Waals surface area contributed by atoms with Crippen LogP contribution in [-0.2, 0) is 16.1 Å². The van der Waals surface area contributed by atoms with Crippen LogP contribution in [0.25, 0.3) is 0 Å². The van der Waals surface area contributed by atoms with Crippen LogP contribution in [0.4, 0.5) is 5.69 Å².